The van der Waals surface area contributed by atoms with Crippen LogP contribution in [-0.2, 0) is 21.7 Å². The number of carbonyl (C=O) groups is 2. The van der Waals surface area contributed by atoms with E-state index in [1.807, 2.05) is 67.1 Å². The Balaban J connectivity index is 1.89. The average molecular weight is 432 g/mol. The third-order valence-electron chi connectivity index (χ3n) is 5.60. The van der Waals surface area contributed by atoms with Gasteiger partial charge in [0, 0.05) is 17.0 Å². The van der Waals surface area contributed by atoms with Crippen LogP contribution in [0.15, 0.2) is 48.5 Å². The van der Waals surface area contributed by atoms with Gasteiger partial charge in [0.15, 0.2) is 0 Å². The maximum Gasteiger partial charge on any atom is 0.246 e. The highest BCUT2D eigenvalue weighted by atomic mass is 16.2. The van der Waals surface area contributed by atoms with Gasteiger partial charge >= 0.3 is 0 Å². The van der Waals surface area contributed by atoms with E-state index in [-0.39, 0.29) is 29.8 Å². The maximum absolute atomic E-state index is 13.4. The number of benzene rings is 2. The van der Waals surface area contributed by atoms with Gasteiger partial charge in [0.25, 0.3) is 0 Å². The number of fused-ring (bicyclic) bond motifs is 5. The molecule has 2 heterocycles. The Morgan fingerprint density at radius 2 is 1.69 bits per heavy atom. The Kier molecular flexibility index (Phi) is 5.59. The highest BCUT2D eigenvalue weighted by Crippen LogP contribution is 2.42. The van der Waals surface area contributed by atoms with Crippen LogP contribution in [0.5, 0.6) is 0 Å². The Morgan fingerprint density at radius 1 is 1.03 bits per heavy atom. The van der Waals surface area contributed by atoms with E-state index in [0.29, 0.717) is 6.54 Å². The van der Waals surface area contributed by atoms with Crippen LogP contribution in [0.2, 0.25) is 0 Å². The van der Waals surface area contributed by atoms with Crippen molar-refractivity contribution in [3.05, 3.63) is 54.1 Å². The van der Waals surface area contributed by atoms with Gasteiger partial charge in [-0.25, -0.2) is 4.68 Å². The average Bonchev–Trinajstić information content (AvgIpc) is 3.19. The number of rotatable bonds is 3. The largest absolute Gasteiger partial charge is 0.347 e. The van der Waals surface area contributed by atoms with E-state index in [1.54, 1.807) is 4.90 Å². The van der Waals surface area contributed by atoms with Gasteiger partial charge < -0.3 is 10.2 Å². The van der Waals surface area contributed by atoms with Crippen LogP contribution < -0.4 is 10.2 Å². The summed E-state index contributed by atoms with van der Waals surface area (Å²) < 4.78 is 1.92. The standard InChI is InChI=1S/C25H29N5O2/c1-16(2)24(32)26-14-21(31)29-15-17-10-6-7-11-18(17)22-23(19-12-8-9-13-20(19)29)30(28-27-22)25(3,4)5/h6-13,16H,14-15H2,1-5H3,(H,26,32). The molecule has 1 aliphatic heterocycles. The van der Waals surface area contributed by atoms with Crippen molar-refractivity contribution in [1.29, 1.82) is 0 Å². The molecule has 0 saturated carbocycles. The van der Waals surface area contributed by atoms with Crippen LogP contribution >= 0.6 is 0 Å². The quantitative estimate of drug-likeness (QED) is 0.680. The summed E-state index contributed by atoms with van der Waals surface area (Å²) in [6.45, 7) is 10.2. The molecule has 2 aromatic carbocycles. The molecular formula is C25H29N5O2. The molecule has 0 atom stereocenters. The molecule has 0 unspecified atom stereocenters. The topological polar surface area (TPSA) is 80.1 Å². The molecule has 0 bridgehead atoms. The SMILES string of the molecule is CC(C)C(=O)NCC(=O)N1Cc2ccccc2-c2nnn(C(C)(C)C)c2-c2ccccc21. The van der Waals surface area contributed by atoms with Crippen molar-refractivity contribution in [1.82, 2.24) is 20.3 Å². The van der Waals surface area contributed by atoms with Crippen LogP contribution in [0.4, 0.5) is 5.69 Å². The van der Waals surface area contributed by atoms with Gasteiger partial charge in [-0.05, 0) is 32.4 Å². The number of hydrogen-bond acceptors (Lipinski definition) is 4. The lowest BCUT2D eigenvalue weighted by Gasteiger charge is -2.30. The molecule has 7 nitrogen and oxygen atoms in total. The molecule has 4 rings (SSSR count). The van der Waals surface area contributed by atoms with Crippen molar-refractivity contribution in [2.75, 3.05) is 11.4 Å². The van der Waals surface area contributed by atoms with Gasteiger partial charge in [-0.1, -0.05) is 61.5 Å². The number of amides is 2. The molecule has 166 valence electrons. The van der Waals surface area contributed by atoms with Crippen molar-refractivity contribution in [3.63, 3.8) is 0 Å². The summed E-state index contributed by atoms with van der Waals surface area (Å²) in [6, 6.07) is 15.8. The van der Waals surface area contributed by atoms with Gasteiger partial charge in [-0.15, -0.1) is 5.10 Å². The summed E-state index contributed by atoms with van der Waals surface area (Å²) in [5.74, 6) is -0.492. The van der Waals surface area contributed by atoms with Gasteiger partial charge in [0.2, 0.25) is 11.8 Å². The molecule has 0 radical (unpaired) electrons. The summed E-state index contributed by atoms with van der Waals surface area (Å²) in [6.07, 6.45) is 0. The number of hydrogen-bond donors (Lipinski definition) is 1. The van der Waals surface area contributed by atoms with E-state index in [0.717, 1.165) is 33.8 Å². The molecule has 32 heavy (non-hydrogen) atoms. The lowest BCUT2D eigenvalue weighted by Crippen LogP contribution is -2.41. The van der Waals surface area contributed by atoms with Crippen molar-refractivity contribution < 1.29 is 9.59 Å². The second-order valence-corrected chi connectivity index (χ2v) is 9.40. The van der Waals surface area contributed by atoms with E-state index in [1.165, 1.54) is 0 Å². The monoisotopic (exact) mass is 431 g/mol. The number of nitrogens with zero attached hydrogens (tertiary/aromatic N) is 4. The molecule has 2 amide bonds. The lowest BCUT2D eigenvalue weighted by molar-refractivity contribution is -0.127. The predicted molar refractivity (Wildman–Crippen MR) is 125 cm³/mol. The van der Waals surface area contributed by atoms with Gasteiger partial charge in [0.05, 0.1) is 30.0 Å². The minimum atomic E-state index is -0.304. The van der Waals surface area contributed by atoms with Crippen LogP contribution in [0.25, 0.3) is 22.5 Å². The van der Waals surface area contributed by atoms with Crippen molar-refractivity contribution in [2.45, 2.75) is 46.7 Å². The molecule has 7 heteroatoms. The van der Waals surface area contributed by atoms with Crippen LogP contribution in [0, 0.1) is 5.92 Å². The first-order valence-corrected chi connectivity index (χ1v) is 10.9. The zero-order chi connectivity index (χ0) is 23.0. The fourth-order valence-electron chi connectivity index (χ4n) is 3.91. The smallest absolute Gasteiger partial charge is 0.246 e. The Hall–Kier alpha value is -3.48. The predicted octanol–water partition coefficient (Wildman–Crippen LogP) is 3.99. The number of aromatic nitrogens is 3. The molecule has 0 aliphatic carbocycles. The second-order valence-electron chi connectivity index (χ2n) is 9.40. The number of nitrogens with one attached hydrogen (secondary N) is 1. The van der Waals surface area contributed by atoms with Gasteiger partial charge in [-0.2, -0.15) is 0 Å². The molecule has 0 fully saturated rings. The van der Waals surface area contributed by atoms with Crippen molar-refractivity contribution in [3.8, 4) is 22.5 Å². The summed E-state index contributed by atoms with van der Waals surface area (Å²) in [4.78, 5) is 27.2. The fraction of sp³-hybridized carbons (Fsp3) is 0.360. The van der Waals surface area contributed by atoms with E-state index in [9.17, 15) is 9.59 Å². The minimum absolute atomic E-state index is 0.0584. The maximum atomic E-state index is 13.4. The first kappa shape index (κ1) is 21.7. The molecule has 0 spiro atoms. The van der Waals surface area contributed by atoms with Crippen molar-refractivity contribution >= 4 is 17.5 Å². The molecular weight excluding hydrogens is 402 g/mol. The zero-order valence-electron chi connectivity index (χ0n) is 19.2. The number of carbonyl (C=O) groups excluding carboxylic acids is 2. The summed E-state index contributed by atoms with van der Waals surface area (Å²) in [7, 11) is 0. The van der Waals surface area contributed by atoms with Crippen molar-refractivity contribution in [2.24, 2.45) is 5.92 Å². The highest BCUT2D eigenvalue weighted by Gasteiger charge is 2.31. The Labute approximate surface area is 188 Å². The fourth-order valence-corrected chi connectivity index (χ4v) is 3.91. The minimum Gasteiger partial charge on any atom is -0.347 e. The second kappa shape index (κ2) is 8.22. The summed E-state index contributed by atoms with van der Waals surface area (Å²) in [5, 5.41) is 11.8. The summed E-state index contributed by atoms with van der Waals surface area (Å²) >= 11 is 0. The third kappa shape index (κ3) is 3.90. The third-order valence-corrected chi connectivity index (χ3v) is 5.60. The Morgan fingerprint density at radius 3 is 2.38 bits per heavy atom. The van der Waals surface area contributed by atoms with E-state index in [4.69, 9.17) is 0 Å². The normalized spacial score (nSPS) is 13.0. The molecule has 0 saturated heterocycles. The van der Waals surface area contributed by atoms with Crippen LogP contribution in [0.3, 0.4) is 0 Å². The molecule has 3 aromatic rings. The number of anilines is 1. The lowest BCUT2D eigenvalue weighted by atomic mass is 9.94. The molecule has 1 N–H and O–H groups in total. The first-order valence-electron chi connectivity index (χ1n) is 10.9. The van der Waals surface area contributed by atoms with Crippen LogP contribution in [-0.4, -0.2) is 33.4 Å². The van der Waals surface area contributed by atoms with Crippen LogP contribution in [0.1, 0.15) is 40.2 Å². The first-order chi connectivity index (χ1) is 15.2. The molecule has 1 aliphatic rings. The van der Waals surface area contributed by atoms with E-state index < -0.39 is 0 Å². The molecule has 1 aromatic heterocycles. The number of para-hydroxylation sites is 1. The van der Waals surface area contributed by atoms with Gasteiger partial charge in [0.1, 0.15) is 5.69 Å². The van der Waals surface area contributed by atoms with E-state index in [2.05, 4.69) is 36.4 Å². The Bertz CT molecular complexity index is 1170. The van der Waals surface area contributed by atoms with Gasteiger partial charge in [-0.3, -0.25) is 9.59 Å². The zero-order valence-corrected chi connectivity index (χ0v) is 19.2. The van der Waals surface area contributed by atoms with E-state index >= 15 is 0 Å². The summed E-state index contributed by atoms with van der Waals surface area (Å²) in [5.41, 5.74) is 4.99. The highest BCUT2D eigenvalue weighted by molar-refractivity contribution is 6.02.